The number of ketones is 1. The van der Waals surface area contributed by atoms with Crippen molar-refractivity contribution in [3.63, 3.8) is 0 Å². The first-order valence-corrected chi connectivity index (χ1v) is 17.5. The van der Waals surface area contributed by atoms with Gasteiger partial charge < -0.3 is 9.47 Å². The molecule has 40 heavy (non-hydrogen) atoms. The Morgan fingerprint density at radius 3 is 2.02 bits per heavy atom. The molecule has 228 valence electrons. The van der Waals surface area contributed by atoms with E-state index in [4.69, 9.17) is 9.47 Å². The predicted molar refractivity (Wildman–Crippen MR) is 161 cm³/mol. The smallest absolute Gasteiger partial charge is 0.306 e. The maximum Gasteiger partial charge on any atom is 0.306 e. The number of Topliss-reactive ketones (excluding diaryl/α,β-unsaturated/α-hetero) is 1. The van der Waals surface area contributed by atoms with Crippen molar-refractivity contribution < 1.29 is 19.1 Å². The zero-order valence-corrected chi connectivity index (χ0v) is 26.7. The Hall–Kier alpha value is -0.900. The van der Waals surface area contributed by atoms with Crippen LogP contribution in [0.4, 0.5) is 0 Å². The molecule has 4 saturated carbocycles. The molecule has 0 unspecified atom stereocenters. The summed E-state index contributed by atoms with van der Waals surface area (Å²) in [6.45, 7) is 11.4. The number of hydrogen-bond acceptors (Lipinski definition) is 4. The van der Waals surface area contributed by atoms with Crippen LogP contribution in [0.3, 0.4) is 0 Å². The molecule has 4 heteroatoms. The van der Waals surface area contributed by atoms with E-state index in [2.05, 4.69) is 34.6 Å². The topological polar surface area (TPSA) is 55.9 Å². The van der Waals surface area contributed by atoms with Crippen molar-refractivity contribution in [1.29, 1.82) is 0 Å². The van der Waals surface area contributed by atoms with Crippen molar-refractivity contribution in [2.24, 2.45) is 34.0 Å². The highest BCUT2D eigenvalue weighted by Gasteiger charge is 2.79. The zero-order chi connectivity index (χ0) is 28.6. The molecule has 0 aromatic rings. The Labute approximate surface area is 245 Å². The molecule has 4 nitrogen and oxygen atoms in total. The number of esters is 1. The molecule has 5 aliphatic rings. The molecular weight excluding hydrogens is 496 g/mol. The summed E-state index contributed by atoms with van der Waals surface area (Å²) < 4.78 is 12.5. The van der Waals surface area contributed by atoms with Gasteiger partial charge in [0.05, 0.1) is 11.7 Å². The highest BCUT2D eigenvalue weighted by atomic mass is 16.6. The van der Waals surface area contributed by atoms with E-state index in [1.165, 1.54) is 96.3 Å². The van der Waals surface area contributed by atoms with Gasteiger partial charge in [-0.2, -0.15) is 0 Å². The third-order valence-corrected chi connectivity index (χ3v) is 13.0. The maximum atomic E-state index is 13.7. The summed E-state index contributed by atoms with van der Waals surface area (Å²) in [6.07, 6.45) is 23.9. The van der Waals surface area contributed by atoms with E-state index in [0.29, 0.717) is 36.7 Å². The fourth-order valence-corrected chi connectivity index (χ4v) is 10.9. The Kier molecular flexibility index (Phi) is 9.17. The minimum Gasteiger partial charge on any atom is -0.454 e. The minimum absolute atomic E-state index is 0.0261. The van der Waals surface area contributed by atoms with Gasteiger partial charge in [0, 0.05) is 17.3 Å². The number of carbonyl (C=O) groups is 2. The van der Waals surface area contributed by atoms with Gasteiger partial charge >= 0.3 is 5.97 Å². The van der Waals surface area contributed by atoms with E-state index < -0.39 is 11.5 Å². The first kappa shape index (κ1) is 30.6. The molecule has 5 rings (SSSR count). The van der Waals surface area contributed by atoms with Crippen LogP contribution in [-0.2, 0) is 19.1 Å². The molecule has 0 aromatic carbocycles. The largest absolute Gasteiger partial charge is 0.454 e. The van der Waals surface area contributed by atoms with Gasteiger partial charge in [-0.1, -0.05) is 105 Å². The van der Waals surface area contributed by atoms with E-state index >= 15 is 0 Å². The number of unbranched alkanes of at least 4 members (excludes halogenated alkanes) is 12. The normalized spacial score (nSPS) is 40.7. The van der Waals surface area contributed by atoms with Crippen LogP contribution in [0.2, 0.25) is 0 Å². The van der Waals surface area contributed by atoms with Crippen molar-refractivity contribution in [2.45, 2.75) is 181 Å². The van der Waals surface area contributed by atoms with E-state index in [1.807, 2.05) is 0 Å². The summed E-state index contributed by atoms with van der Waals surface area (Å²) in [5, 5.41) is 0. The van der Waals surface area contributed by atoms with Gasteiger partial charge in [-0.3, -0.25) is 9.59 Å². The van der Waals surface area contributed by atoms with Crippen molar-refractivity contribution in [1.82, 2.24) is 0 Å². The molecule has 2 bridgehead atoms. The molecule has 1 saturated heterocycles. The Morgan fingerprint density at radius 1 is 0.800 bits per heavy atom. The fraction of sp³-hybridized carbons (Fsp3) is 0.944. The Balaban J connectivity index is 1.06. The SMILES string of the molecule is CCCCCCCCCCCCCCCC(=O)O[C@@H]1C[C@]2(C)[C@H](CC[C@@]34C[C@@H](CC[C@@H]23)[C@]2(C)O[C@H]42)C(C)(C)C1=O. The minimum atomic E-state index is -0.577. The van der Waals surface area contributed by atoms with Gasteiger partial charge in [-0.15, -0.1) is 0 Å². The summed E-state index contributed by atoms with van der Waals surface area (Å²) >= 11 is 0. The number of epoxide rings is 1. The lowest BCUT2D eigenvalue weighted by molar-refractivity contribution is -0.197. The molecular formula is C36H60O4. The Morgan fingerprint density at radius 2 is 1.40 bits per heavy atom. The lowest BCUT2D eigenvalue weighted by atomic mass is 9.40. The van der Waals surface area contributed by atoms with Gasteiger partial charge in [-0.25, -0.2) is 0 Å². The van der Waals surface area contributed by atoms with Crippen LogP contribution in [0, 0.1) is 34.0 Å². The van der Waals surface area contributed by atoms with E-state index in [-0.39, 0.29) is 28.2 Å². The lowest BCUT2D eigenvalue weighted by Gasteiger charge is -2.64. The zero-order valence-electron chi connectivity index (χ0n) is 26.7. The van der Waals surface area contributed by atoms with Crippen LogP contribution in [-0.4, -0.2) is 29.6 Å². The van der Waals surface area contributed by atoms with Crippen molar-refractivity contribution in [3.05, 3.63) is 0 Å². The Bertz CT molecular complexity index is 910. The van der Waals surface area contributed by atoms with Crippen LogP contribution >= 0.6 is 0 Å². The summed E-state index contributed by atoms with van der Waals surface area (Å²) in [7, 11) is 0. The van der Waals surface area contributed by atoms with Crippen LogP contribution in [0.15, 0.2) is 0 Å². The predicted octanol–water partition coefficient (Wildman–Crippen LogP) is 9.37. The summed E-state index contributed by atoms with van der Waals surface area (Å²) in [6, 6.07) is 0. The average molecular weight is 557 g/mol. The quantitative estimate of drug-likeness (QED) is 0.115. The number of rotatable bonds is 15. The van der Waals surface area contributed by atoms with Crippen molar-refractivity contribution in [2.75, 3.05) is 0 Å². The molecule has 1 aliphatic heterocycles. The average Bonchev–Trinajstić information content (AvgIpc) is 3.59. The highest BCUT2D eigenvalue weighted by molar-refractivity contribution is 5.91. The molecule has 1 heterocycles. The lowest BCUT2D eigenvalue weighted by Crippen LogP contribution is -2.63. The molecule has 1 spiro atoms. The van der Waals surface area contributed by atoms with Gasteiger partial charge in [0.25, 0.3) is 0 Å². The van der Waals surface area contributed by atoms with Crippen molar-refractivity contribution >= 4 is 11.8 Å². The van der Waals surface area contributed by atoms with Gasteiger partial charge in [0.15, 0.2) is 11.9 Å². The molecule has 4 aliphatic carbocycles. The second kappa shape index (κ2) is 12.0. The standard InChI is InChI=1S/C36H60O4/c1-6-7-8-9-10-11-12-13-14-15-16-17-18-19-30(37)39-27-25-34(4)28(33(2,3)31(27)38)22-23-36-24-26(20-21-29(34)36)35(5)32(36)40-35/h26-29,32H,6-25H2,1-5H3/t26-,27-,28-,29+,32+,34-,35+,36-/m1/s1. The molecule has 0 aromatic heterocycles. The highest BCUT2D eigenvalue weighted by Crippen LogP contribution is 2.77. The fourth-order valence-electron chi connectivity index (χ4n) is 10.9. The maximum absolute atomic E-state index is 13.7. The number of hydrogen-bond donors (Lipinski definition) is 0. The third kappa shape index (κ3) is 5.46. The van der Waals surface area contributed by atoms with E-state index in [1.54, 1.807) is 0 Å². The number of carbonyl (C=O) groups excluding carboxylic acids is 2. The molecule has 0 N–H and O–H groups in total. The van der Waals surface area contributed by atoms with E-state index in [9.17, 15) is 9.59 Å². The van der Waals surface area contributed by atoms with Crippen LogP contribution in [0.25, 0.3) is 0 Å². The van der Waals surface area contributed by atoms with Crippen LogP contribution in [0.1, 0.15) is 163 Å². The monoisotopic (exact) mass is 556 g/mol. The second-order valence-electron chi connectivity index (χ2n) is 15.8. The van der Waals surface area contributed by atoms with Gasteiger partial charge in [0.1, 0.15) is 0 Å². The molecule has 0 amide bonds. The van der Waals surface area contributed by atoms with Crippen LogP contribution in [0.5, 0.6) is 0 Å². The second-order valence-corrected chi connectivity index (χ2v) is 15.8. The summed E-state index contributed by atoms with van der Waals surface area (Å²) in [4.78, 5) is 26.7. The molecule has 0 radical (unpaired) electrons. The summed E-state index contributed by atoms with van der Waals surface area (Å²) in [5.41, 5.74) is -0.0310. The third-order valence-electron chi connectivity index (χ3n) is 13.0. The van der Waals surface area contributed by atoms with E-state index in [0.717, 1.165) is 19.3 Å². The molecule has 8 atom stereocenters. The van der Waals surface area contributed by atoms with Gasteiger partial charge in [-0.05, 0) is 75.0 Å². The van der Waals surface area contributed by atoms with Crippen LogP contribution < -0.4 is 0 Å². The number of fused-ring (bicyclic) bond motifs is 5. The summed E-state index contributed by atoms with van der Waals surface area (Å²) in [5.74, 6) is 1.64. The number of ether oxygens (including phenoxy) is 2. The first-order valence-electron chi connectivity index (χ1n) is 17.5. The first-order chi connectivity index (χ1) is 19.1. The van der Waals surface area contributed by atoms with Crippen molar-refractivity contribution in [3.8, 4) is 0 Å². The van der Waals surface area contributed by atoms with Gasteiger partial charge in [0.2, 0.25) is 0 Å². The molecule has 5 fully saturated rings.